The lowest BCUT2D eigenvalue weighted by Crippen LogP contribution is -2.41. The molecule has 1 fully saturated rings. The molecular formula is C11H18N4S. The number of thiocarbonyl (C=S) groups is 1. The molecule has 0 radical (unpaired) electrons. The van der Waals surface area contributed by atoms with Crippen molar-refractivity contribution < 1.29 is 0 Å². The van der Waals surface area contributed by atoms with Crippen molar-refractivity contribution in [1.29, 1.82) is 0 Å². The Morgan fingerprint density at radius 3 is 2.81 bits per heavy atom. The Bertz CT molecular complexity index is 341. The Labute approximate surface area is 101 Å². The van der Waals surface area contributed by atoms with E-state index in [9.17, 15) is 0 Å². The lowest BCUT2D eigenvalue weighted by molar-refractivity contribution is 0.169. The van der Waals surface area contributed by atoms with Gasteiger partial charge in [0.05, 0.1) is 17.0 Å². The summed E-state index contributed by atoms with van der Waals surface area (Å²) in [6.45, 7) is 4.41. The molecule has 1 aliphatic heterocycles. The number of nitrogens with two attached hydrogens (primary N) is 1. The monoisotopic (exact) mass is 238 g/mol. The first-order chi connectivity index (χ1) is 7.68. The molecule has 0 bridgehead atoms. The summed E-state index contributed by atoms with van der Waals surface area (Å²) >= 11 is 5.16. The van der Waals surface area contributed by atoms with Crippen LogP contribution in [0.4, 0.5) is 0 Å². The van der Waals surface area contributed by atoms with Gasteiger partial charge in [0.2, 0.25) is 0 Å². The van der Waals surface area contributed by atoms with Gasteiger partial charge in [0.15, 0.2) is 0 Å². The van der Waals surface area contributed by atoms with E-state index in [-0.39, 0.29) is 6.04 Å². The van der Waals surface area contributed by atoms with Crippen molar-refractivity contribution in [1.82, 2.24) is 14.9 Å². The second-order valence-electron chi connectivity index (χ2n) is 4.53. The van der Waals surface area contributed by atoms with Crippen LogP contribution in [0.3, 0.4) is 0 Å². The maximum atomic E-state index is 5.84. The fourth-order valence-electron chi connectivity index (χ4n) is 2.23. The normalized spacial score (nSPS) is 20.8. The molecule has 0 aliphatic carbocycles. The van der Waals surface area contributed by atoms with Gasteiger partial charge in [-0.25, -0.2) is 4.98 Å². The number of aromatic amines is 1. The number of H-pyrrole nitrogens is 1. The van der Waals surface area contributed by atoms with Crippen LogP contribution >= 0.6 is 12.2 Å². The number of aromatic nitrogens is 2. The highest BCUT2D eigenvalue weighted by Crippen LogP contribution is 2.25. The maximum Gasteiger partial charge on any atom is 0.102 e. The first kappa shape index (κ1) is 11.5. The second-order valence-corrected chi connectivity index (χ2v) is 5.00. The van der Waals surface area contributed by atoms with E-state index < -0.39 is 0 Å². The summed E-state index contributed by atoms with van der Waals surface area (Å²) in [5.41, 5.74) is 6.84. The molecule has 1 aromatic rings. The summed E-state index contributed by atoms with van der Waals surface area (Å²) in [5.74, 6) is 0.810. The molecule has 88 valence electrons. The molecule has 4 nitrogen and oxygen atoms in total. The zero-order valence-electron chi connectivity index (χ0n) is 9.52. The third-order valence-corrected chi connectivity index (χ3v) is 3.49. The van der Waals surface area contributed by atoms with E-state index in [0.29, 0.717) is 4.99 Å². The predicted molar refractivity (Wildman–Crippen MR) is 68.1 cm³/mol. The molecule has 1 aliphatic rings. The van der Waals surface area contributed by atoms with Crippen LogP contribution in [-0.2, 0) is 0 Å². The molecule has 0 spiro atoms. The average molecular weight is 238 g/mol. The van der Waals surface area contributed by atoms with Gasteiger partial charge >= 0.3 is 0 Å². The van der Waals surface area contributed by atoms with Crippen LogP contribution < -0.4 is 5.73 Å². The molecule has 0 aromatic carbocycles. The predicted octanol–water partition coefficient (Wildman–Crippen LogP) is 1.47. The van der Waals surface area contributed by atoms with Crippen molar-refractivity contribution in [3.05, 3.63) is 18.2 Å². The third-order valence-electron chi connectivity index (χ3n) is 3.27. The van der Waals surface area contributed by atoms with Gasteiger partial charge in [-0.1, -0.05) is 19.1 Å². The molecular weight excluding hydrogens is 220 g/mol. The van der Waals surface area contributed by atoms with Crippen molar-refractivity contribution in [3.63, 3.8) is 0 Å². The van der Waals surface area contributed by atoms with Gasteiger partial charge in [-0.15, -0.1) is 0 Å². The zero-order valence-corrected chi connectivity index (χ0v) is 10.3. The van der Waals surface area contributed by atoms with Crippen molar-refractivity contribution in [2.24, 2.45) is 11.7 Å². The van der Waals surface area contributed by atoms with Crippen LogP contribution in [0.25, 0.3) is 0 Å². The van der Waals surface area contributed by atoms with Crippen molar-refractivity contribution in [3.8, 4) is 0 Å². The highest BCUT2D eigenvalue weighted by atomic mass is 32.1. The van der Waals surface area contributed by atoms with E-state index in [1.54, 1.807) is 6.33 Å². The average Bonchev–Trinajstić information content (AvgIpc) is 2.74. The number of piperidine rings is 1. The molecule has 2 heterocycles. The minimum absolute atomic E-state index is 0.0185. The number of nitrogens with zero attached hydrogens (tertiary/aromatic N) is 2. The standard InChI is InChI=1S/C11H18N4S/c1-8-2-4-15(5-3-8)10(11(12)16)9-6-13-7-14-9/h6-8,10H,2-5H2,1H3,(H2,12,16)(H,13,14). The maximum absolute atomic E-state index is 5.84. The fraction of sp³-hybridized carbons (Fsp3) is 0.636. The Morgan fingerprint density at radius 2 is 2.31 bits per heavy atom. The number of imidazole rings is 1. The topological polar surface area (TPSA) is 57.9 Å². The number of hydrogen-bond donors (Lipinski definition) is 2. The molecule has 3 N–H and O–H groups in total. The van der Waals surface area contributed by atoms with E-state index in [4.69, 9.17) is 18.0 Å². The van der Waals surface area contributed by atoms with E-state index in [0.717, 1.165) is 24.7 Å². The quantitative estimate of drug-likeness (QED) is 0.783. The van der Waals surface area contributed by atoms with Gasteiger partial charge in [-0.05, 0) is 31.8 Å². The largest absolute Gasteiger partial charge is 0.392 e. The van der Waals surface area contributed by atoms with Crippen molar-refractivity contribution in [2.45, 2.75) is 25.8 Å². The summed E-state index contributed by atoms with van der Waals surface area (Å²) in [7, 11) is 0. The Kier molecular flexibility index (Phi) is 3.56. The highest BCUT2D eigenvalue weighted by Gasteiger charge is 2.27. The molecule has 5 heteroatoms. The van der Waals surface area contributed by atoms with Crippen LogP contribution in [0.2, 0.25) is 0 Å². The van der Waals surface area contributed by atoms with Crippen molar-refractivity contribution in [2.75, 3.05) is 13.1 Å². The summed E-state index contributed by atoms with van der Waals surface area (Å²) in [6.07, 6.45) is 5.91. The van der Waals surface area contributed by atoms with E-state index >= 15 is 0 Å². The van der Waals surface area contributed by atoms with E-state index in [1.807, 2.05) is 6.20 Å². The number of rotatable bonds is 3. The van der Waals surface area contributed by atoms with Crippen molar-refractivity contribution >= 4 is 17.2 Å². The summed E-state index contributed by atoms with van der Waals surface area (Å²) in [5, 5.41) is 0. The molecule has 1 unspecified atom stereocenters. The van der Waals surface area contributed by atoms with Gasteiger partial charge < -0.3 is 10.7 Å². The zero-order chi connectivity index (χ0) is 11.5. The third kappa shape index (κ3) is 2.41. The molecule has 2 rings (SSSR count). The molecule has 1 aromatic heterocycles. The van der Waals surface area contributed by atoms with Crippen LogP contribution in [0.15, 0.2) is 12.5 Å². The van der Waals surface area contributed by atoms with Gasteiger partial charge in [0.1, 0.15) is 6.04 Å². The van der Waals surface area contributed by atoms with Crippen LogP contribution in [-0.4, -0.2) is 32.9 Å². The molecule has 0 saturated carbocycles. The fourth-order valence-corrected chi connectivity index (χ4v) is 2.51. The second kappa shape index (κ2) is 4.93. The minimum Gasteiger partial charge on any atom is -0.392 e. The Morgan fingerprint density at radius 1 is 1.62 bits per heavy atom. The lowest BCUT2D eigenvalue weighted by Gasteiger charge is -2.35. The molecule has 1 saturated heterocycles. The molecule has 16 heavy (non-hydrogen) atoms. The summed E-state index contributed by atoms with van der Waals surface area (Å²) in [4.78, 5) is 10.0. The van der Waals surface area contributed by atoms with Crippen LogP contribution in [0.1, 0.15) is 31.5 Å². The Balaban J connectivity index is 2.11. The van der Waals surface area contributed by atoms with Gasteiger partial charge in [-0.3, -0.25) is 4.90 Å². The number of nitrogens with one attached hydrogen (secondary N) is 1. The van der Waals surface area contributed by atoms with E-state index in [2.05, 4.69) is 21.8 Å². The van der Waals surface area contributed by atoms with Crippen LogP contribution in [0.5, 0.6) is 0 Å². The van der Waals surface area contributed by atoms with Gasteiger partial charge in [0, 0.05) is 6.20 Å². The Hall–Kier alpha value is -0.940. The molecule has 1 atom stereocenters. The first-order valence-electron chi connectivity index (χ1n) is 5.70. The lowest BCUT2D eigenvalue weighted by atomic mass is 9.97. The number of likely N-dealkylation sites (tertiary alicyclic amines) is 1. The summed E-state index contributed by atoms with van der Waals surface area (Å²) < 4.78 is 0. The smallest absolute Gasteiger partial charge is 0.102 e. The van der Waals surface area contributed by atoms with Crippen LogP contribution in [0, 0.1) is 5.92 Å². The summed E-state index contributed by atoms with van der Waals surface area (Å²) in [6, 6.07) is 0.0185. The molecule has 0 amide bonds. The van der Waals surface area contributed by atoms with Gasteiger partial charge in [0.25, 0.3) is 0 Å². The highest BCUT2D eigenvalue weighted by molar-refractivity contribution is 7.80. The number of hydrogen-bond acceptors (Lipinski definition) is 3. The van der Waals surface area contributed by atoms with Gasteiger partial charge in [-0.2, -0.15) is 0 Å². The minimum atomic E-state index is 0.0185. The first-order valence-corrected chi connectivity index (χ1v) is 6.11. The van der Waals surface area contributed by atoms with E-state index in [1.165, 1.54) is 12.8 Å². The SMILES string of the molecule is CC1CCN(C(C(N)=S)c2cnc[nH]2)CC1.